The van der Waals surface area contributed by atoms with Gasteiger partial charge in [0.05, 0.1) is 6.61 Å². The highest BCUT2D eigenvalue weighted by atomic mass is 32.1. The molecule has 1 heterocycles. The topological polar surface area (TPSA) is 49.2 Å². The van der Waals surface area contributed by atoms with Gasteiger partial charge in [0, 0.05) is 6.54 Å². The molecule has 8 heteroatoms. The zero-order valence-electron chi connectivity index (χ0n) is 7.03. The lowest BCUT2D eigenvalue weighted by molar-refractivity contribution is -0.119. The molecule has 0 atom stereocenters. The Labute approximate surface area is 82.0 Å². The highest BCUT2D eigenvalue weighted by Crippen LogP contribution is 2.22. The molecule has 0 fully saturated rings. The van der Waals surface area contributed by atoms with Crippen LogP contribution in [0.4, 0.5) is 18.3 Å². The molecular weight excluding hydrogens is 219 g/mol. The van der Waals surface area contributed by atoms with Crippen LogP contribution in [0.2, 0.25) is 0 Å². The number of nitrogens with zero attached hydrogens (tertiary/aromatic N) is 3. The fourth-order valence-electron chi connectivity index (χ4n) is 0.884. The second kappa shape index (κ2) is 4.56. The monoisotopic (exact) mass is 227 g/mol. The first-order chi connectivity index (χ1) is 6.53. The number of hydrogen-bond acceptors (Lipinski definition) is 5. The number of alkyl halides is 3. The van der Waals surface area contributed by atoms with E-state index in [0.717, 1.165) is 16.2 Å². The van der Waals surface area contributed by atoms with E-state index in [1.807, 2.05) is 0 Å². The first-order valence-corrected chi connectivity index (χ1v) is 4.59. The molecule has 1 aromatic rings. The van der Waals surface area contributed by atoms with Crippen LogP contribution in [-0.2, 0) is 0 Å². The van der Waals surface area contributed by atoms with Crippen molar-refractivity contribution in [3.63, 3.8) is 0 Å². The fraction of sp³-hybridized carbons (Fsp3) is 0.667. The molecule has 0 saturated carbocycles. The average molecular weight is 227 g/mol. The van der Waals surface area contributed by atoms with E-state index in [0.29, 0.717) is 0 Å². The second-order valence-corrected chi connectivity index (χ2v) is 3.29. The summed E-state index contributed by atoms with van der Waals surface area (Å²) < 4.78 is 36.2. The summed E-state index contributed by atoms with van der Waals surface area (Å²) in [5.41, 5.74) is 1.34. The van der Waals surface area contributed by atoms with Crippen LogP contribution in [0, 0.1) is 0 Å². The molecule has 0 aliphatic heterocycles. The van der Waals surface area contributed by atoms with Gasteiger partial charge in [-0.15, -0.1) is 10.2 Å². The smallest absolute Gasteiger partial charge is 0.395 e. The van der Waals surface area contributed by atoms with Gasteiger partial charge in [0.25, 0.3) is 0 Å². The summed E-state index contributed by atoms with van der Waals surface area (Å²) >= 11 is 1.00. The SMILES string of the molecule is OCCN(CC(F)(F)F)c1nncs1. The van der Waals surface area contributed by atoms with E-state index in [1.54, 1.807) is 0 Å². The number of rotatable bonds is 4. The molecule has 4 nitrogen and oxygen atoms in total. The third-order valence-corrected chi connectivity index (χ3v) is 2.11. The number of aliphatic hydroxyl groups excluding tert-OH is 1. The summed E-state index contributed by atoms with van der Waals surface area (Å²) in [5.74, 6) is 0. The lowest BCUT2D eigenvalue weighted by Gasteiger charge is -2.21. The first kappa shape index (κ1) is 11.2. The summed E-state index contributed by atoms with van der Waals surface area (Å²) in [6, 6.07) is 0. The predicted octanol–water partition coefficient (Wildman–Crippen LogP) is 0.899. The lowest BCUT2D eigenvalue weighted by atomic mass is 10.5. The number of anilines is 1. The van der Waals surface area contributed by atoms with Gasteiger partial charge >= 0.3 is 6.18 Å². The van der Waals surface area contributed by atoms with Crippen LogP contribution < -0.4 is 4.90 Å². The molecule has 1 rings (SSSR count). The molecule has 0 saturated heterocycles. The molecule has 80 valence electrons. The zero-order valence-corrected chi connectivity index (χ0v) is 7.85. The van der Waals surface area contributed by atoms with Gasteiger partial charge in [0.2, 0.25) is 5.13 Å². The number of aromatic nitrogens is 2. The van der Waals surface area contributed by atoms with Crippen molar-refractivity contribution >= 4 is 16.5 Å². The summed E-state index contributed by atoms with van der Waals surface area (Å²) in [4.78, 5) is 0.942. The molecule has 0 radical (unpaired) electrons. The molecule has 1 aromatic heterocycles. The van der Waals surface area contributed by atoms with Gasteiger partial charge in [-0.1, -0.05) is 11.3 Å². The van der Waals surface area contributed by atoms with Crippen molar-refractivity contribution < 1.29 is 18.3 Å². The third kappa shape index (κ3) is 3.46. The van der Waals surface area contributed by atoms with E-state index in [9.17, 15) is 13.2 Å². The Balaban J connectivity index is 2.65. The molecule has 0 aliphatic rings. The lowest BCUT2D eigenvalue weighted by Crippen LogP contribution is -2.36. The quantitative estimate of drug-likeness (QED) is 0.830. The molecule has 0 aromatic carbocycles. The normalized spacial score (nSPS) is 11.7. The third-order valence-electron chi connectivity index (χ3n) is 1.36. The maximum Gasteiger partial charge on any atom is 0.406 e. The summed E-state index contributed by atoms with van der Waals surface area (Å²) in [6.07, 6.45) is -4.30. The van der Waals surface area contributed by atoms with Crippen molar-refractivity contribution in [1.82, 2.24) is 10.2 Å². The maximum atomic E-state index is 12.1. The van der Waals surface area contributed by atoms with E-state index in [-0.39, 0.29) is 18.3 Å². The minimum atomic E-state index is -4.30. The van der Waals surface area contributed by atoms with Gasteiger partial charge in [-0.3, -0.25) is 0 Å². The fourth-order valence-corrected chi connectivity index (χ4v) is 1.47. The second-order valence-electron chi connectivity index (χ2n) is 2.48. The van der Waals surface area contributed by atoms with Gasteiger partial charge in [0.15, 0.2) is 0 Å². The van der Waals surface area contributed by atoms with Crippen LogP contribution in [0.5, 0.6) is 0 Å². The molecule has 1 N–H and O–H groups in total. The van der Waals surface area contributed by atoms with E-state index in [2.05, 4.69) is 10.2 Å². The van der Waals surface area contributed by atoms with Crippen molar-refractivity contribution in [2.24, 2.45) is 0 Å². The molecule has 0 aliphatic carbocycles. The van der Waals surface area contributed by atoms with Crippen LogP contribution in [0.1, 0.15) is 0 Å². The predicted molar refractivity (Wildman–Crippen MR) is 45.3 cm³/mol. The van der Waals surface area contributed by atoms with Gasteiger partial charge in [-0.25, -0.2) is 0 Å². The Hall–Kier alpha value is -0.890. The Kier molecular flexibility index (Phi) is 3.64. The molecule has 0 spiro atoms. The largest absolute Gasteiger partial charge is 0.406 e. The summed E-state index contributed by atoms with van der Waals surface area (Å²) in [7, 11) is 0. The van der Waals surface area contributed by atoms with Crippen LogP contribution >= 0.6 is 11.3 Å². The minimum absolute atomic E-state index is 0.102. The Morgan fingerprint density at radius 1 is 1.50 bits per heavy atom. The Morgan fingerprint density at radius 2 is 2.21 bits per heavy atom. The first-order valence-electron chi connectivity index (χ1n) is 3.71. The highest BCUT2D eigenvalue weighted by molar-refractivity contribution is 7.13. The number of halogens is 3. The van der Waals surface area contributed by atoms with Crippen LogP contribution in [0.15, 0.2) is 5.51 Å². The van der Waals surface area contributed by atoms with Crippen LogP contribution in [-0.4, -0.2) is 41.2 Å². The Bertz CT molecular complexity index is 264. The van der Waals surface area contributed by atoms with Crippen LogP contribution in [0.25, 0.3) is 0 Å². The van der Waals surface area contributed by atoms with E-state index in [4.69, 9.17) is 5.11 Å². The van der Waals surface area contributed by atoms with Crippen molar-refractivity contribution in [3.8, 4) is 0 Å². The molecule has 0 bridgehead atoms. The Morgan fingerprint density at radius 3 is 2.64 bits per heavy atom. The van der Waals surface area contributed by atoms with Crippen molar-refractivity contribution in [1.29, 1.82) is 0 Å². The number of hydrogen-bond donors (Lipinski definition) is 1. The standard InChI is InChI=1S/C6H8F3N3OS/c7-6(8,9)3-12(1-2-13)5-11-10-4-14-5/h4,13H,1-3H2. The van der Waals surface area contributed by atoms with E-state index in [1.165, 1.54) is 5.51 Å². The average Bonchev–Trinajstić information content (AvgIpc) is 2.52. The molecule has 0 unspecified atom stereocenters. The van der Waals surface area contributed by atoms with Gasteiger partial charge in [0.1, 0.15) is 12.1 Å². The maximum absolute atomic E-state index is 12.1. The van der Waals surface area contributed by atoms with Gasteiger partial charge < -0.3 is 10.0 Å². The summed E-state index contributed by atoms with van der Waals surface area (Å²) in [6.45, 7) is -1.58. The van der Waals surface area contributed by atoms with Crippen molar-refractivity contribution in [3.05, 3.63) is 5.51 Å². The zero-order chi connectivity index (χ0) is 10.6. The number of aliphatic hydroxyl groups is 1. The van der Waals surface area contributed by atoms with Gasteiger partial charge in [-0.2, -0.15) is 13.2 Å². The molecule has 14 heavy (non-hydrogen) atoms. The van der Waals surface area contributed by atoms with E-state index < -0.39 is 12.7 Å². The summed E-state index contributed by atoms with van der Waals surface area (Å²) in [5, 5.41) is 15.7. The highest BCUT2D eigenvalue weighted by Gasteiger charge is 2.31. The van der Waals surface area contributed by atoms with E-state index >= 15 is 0 Å². The van der Waals surface area contributed by atoms with Crippen molar-refractivity contribution in [2.45, 2.75) is 6.18 Å². The van der Waals surface area contributed by atoms with Crippen molar-refractivity contribution in [2.75, 3.05) is 24.6 Å². The minimum Gasteiger partial charge on any atom is -0.395 e. The van der Waals surface area contributed by atoms with Gasteiger partial charge in [-0.05, 0) is 0 Å². The molecular formula is C6H8F3N3OS. The van der Waals surface area contributed by atoms with Crippen LogP contribution in [0.3, 0.4) is 0 Å². The molecule has 0 amide bonds.